The van der Waals surface area contributed by atoms with Crippen LogP contribution in [0.3, 0.4) is 0 Å². The van der Waals surface area contributed by atoms with E-state index in [1.54, 1.807) is 18.6 Å². The molecule has 1 fully saturated rings. The Balaban J connectivity index is 1.56. The van der Waals surface area contributed by atoms with Crippen molar-refractivity contribution in [3.8, 4) is 22.1 Å². The van der Waals surface area contributed by atoms with Crippen LogP contribution in [0.25, 0.3) is 22.1 Å². The van der Waals surface area contributed by atoms with Gasteiger partial charge in [-0.2, -0.15) is 5.10 Å². The SMILES string of the molecule is O=C1CN(C2CCOCC2)c2nc(-c3cn[nH]c3-c3nccs3)ncc2N1. The van der Waals surface area contributed by atoms with Crippen molar-refractivity contribution >= 4 is 28.7 Å². The Morgan fingerprint density at radius 3 is 2.93 bits per heavy atom. The van der Waals surface area contributed by atoms with Gasteiger partial charge >= 0.3 is 0 Å². The summed E-state index contributed by atoms with van der Waals surface area (Å²) in [7, 11) is 0. The van der Waals surface area contributed by atoms with Gasteiger partial charge in [-0.3, -0.25) is 9.89 Å². The lowest BCUT2D eigenvalue weighted by Crippen LogP contribution is -2.47. The molecule has 27 heavy (non-hydrogen) atoms. The molecular formula is C17H17N7O2S. The van der Waals surface area contributed by atoms with Gasteiger partial charge in [0.1, 0.15) is 16.4 Å². The average molecular weight is 383 g/mol. The summed E-state index contributed by atoms with van der Waals surface area (Å²) in [6.45, 7) is 1.69. The average Bonchev–Trinajstić information content (AvgIpc) is 3.39. The largest absolute Gasteiger partial charge is 0.381 e. The first-order valence-corrected chi connectivity index (χ1v) is 9.62. The molecule has 9 nitrogen and oxygen atoms in total. The molecule has 0 unspecified atom stereocenters. The third kappa shape index (κ3) is 2.96. The minimum atomic E-state index is -0.0443. The zero-order valence-electron chi connectivity index (χ0n) is 14.4. The van der Waals surface area contributed by atoms with Gasteiger partial charge in [-0.1, -0.05) is 0 Å². The van der Waals surface area contributed by atoms with E-state index in [1.807, 2.05) is 5.38 Å². The quantitative estimate of drug-likeness (QED) is 0.711. The maximum atomic E-state index is 12.1. The number of nitrogens with one attached hydrogen (secondary N) is 2. The maximum Gasteiger partial charge on any atom is 0.244 e. The highest BCUT2D eigenvalue weighted by atomic mass is 32.1. The third-order valence-corrected chi connectivity index (χ3v) is 5.58. The van der Waals surface area contributed by atoms with Crippen LogP contribution in [0.1, 0.15) is 12.8 Å². The molecular weight excluding hydrogens is 366 g/mol. The fourth-order valence-electron chi connectivity index (χ4n) is 3.49. The molecule has 5 heterocycles. The Morgan fingerprint density at radius 2 is 2.11 bits per heavy atom. The Morgan fingerprint density at radius 1 is 1.22 bits per heavy atom. The number of H-pyrrole nitrogens is 1. The van der Waals surface area contributed by atoms with Crippen LogP contribution in [0.5, 0.6) is 0 Å². The van der Waals surface area contributed by atoms with Crippen molar-refractivity contribution in [2.24, 2.45) is 0 Å². The standard InChI is InChI=1S/C17H17N7O2S/c25-13-9-24(10-1-4-26-5-2-10)16-12(21-13)8-19-15(22-16)11-7-20-23-14(11)17-18-3-6-27-17/h3,6-8,10H,1-2,4-5,9H2,(H,20,23)(H,21,25). The van der Waals surface area contributed by atoms with Crippen LogP contribution < -0.4 is 10.2 Å². The van der Waals surface area contributed by atoms with Gasteiger partial charge < -0.3 is 15.0 Å². The molecule has 2 aliphatic rings. The second kappa shape index (κ2) is 6.71. The zero-order valence-corrected chi connectivity index (χ0v) is 15.2. The van der Waals surface area contributed by atoms with Gasteiger partial charge in [-0.05, 0) is 12.8 Å². The summed E-state index contributed by atoms with van der Waals surface area (Å²) < 4.78 is 5.47. The zero-order chi connectivity index (χ0) is 18.2. The first-order chi connectivity index (χ1) is 13.3. The fourth-order valence-corrected chi connectivity index (χ4v) is 4.14. The predicted molar refractivity (Wildman–Crippen MR) is 101 cm³/mol. The molecule has 0 radical (unpaired) electrons. The Hall–Kier alpha value is -2.85. The number of hydrogen-bond donors (Lipinski definition) is 2. The second-order valence-corrected chi connectivity index (χ2v) is 7.34. The summed E-state index contributed by atoms with van der Waals surface area (Å²) in [5.41, 5.74) is 2.22. The highest BCUT2D eigenvalue weighted by Gasteiger charge is 2.31. The number of hydrogen-bond acceptors (Lipinski definition) is 8. The first kappa shape index (κ1) is 16.3. The minimum Gasteiger partial charge on any atom is -0.381 e. The van der Waals surface area contributed by atoms with E-state index in [4.69, 9.17) is 9.72 Å². The Labute approximate surface area is 158 Å². The third-order valence-electron chi connectivity index (χ3n) is 4.79. The number of carbonyl (C=O) groups is 1. The summed E-state index contributed by atoms with van der Waals surface area (Å²) in [5, 5.41) is 12.8. The van der Waals surface area contributed by atoms with Crippen molar-refractivity contribution in [3.05, 3.63) is 24.0 Å². The number of anilines is 2. The van der Waals surface area contributed by atoms with Crippen molar-refractivity contribution in [3.63, 3.8) is 0 Å². The van der Waals surface area contributed by atoms with Crippen LogP contribution in [0.15, 0.2) is 24.0 Å². The number of amides is 1. The molecule has 138 valence electrons. The molecule has 2 aliphatic heterocycles. The van der Waals surface area contributed by atoms with Gasteiger partial charge in [-0.15, -0.1) is 11.3 Å². The number of fused-ring (bicyclic) bond motifs is 1. The topological polar surface area (TPSA) is 109 Å². The van der Waals surface area contributed by atoms with Gasteiger partial charge in [0.2, 0.25) is 5.91 Å². The molecule has 3 aromatic heterocycles. The molecule has 0 aliphatic carbocycles. The summed E-state index contributed by atoms with van der Waals surface area (Å²) in [4.78, 5) is 27.8. The lowest BCUT2D eigenvalue weighted by atomic mass is 10.1. The van der Waals surface area contributed by atoms with Crippen molar-refractivity contribution < 1.29 is 9.53 Å². The van der Waals surface area contributed by atoms with Gasteiger partial charge in [0.15, 0.2) is 11.6 Å². The van der Waals surface area contributed by atoms with Gasteiger partial charge in [0.05, 0.1) is 24.5 Å². The fraction of sp³-hybridized carbons (Fsp3) is 0.353. The molecule has 0 atom stereocenters. The molecule has 3 aromatic rings. The summed E-state index contributed by atoms with van der Waals surface area (Å²) in [6, 6.07) is 0.231. The molecule has 1 amide bonds. The number of aromatic nitrogens is 5. The second-order valence-electron chi connectivity index (χ2n) is 6.45. The van der Waals surface area contributed by atoms with E-state index in [0.717, 1.165) is 34.9 Å². The first-order valence-electron chi connectivity index (χ1n) is 8.74. The van der Waals surface area contributed by atoms with E-state index in [-0.39, 0.29) is 11.9 Å². The molecule has 0 bridgehead atoms. The molecule has 10 heteroatoms. The van der Waals surface area contributed by atoms with Crippen molar-refractivity contribution in [1.82, 2.24) is 25.1 Å². The van der Waals surface area contributed by atoms with Crippen LogP contribution in [0.2, 0.25) is 0 Å². The van der Waals surface area contributed by atoms with E-state index in [2.05, 4.69) is 30.4 Å². The smallest absolute Gasteiger partial charge is 0.244 e. The molecule has 1 saturated heterocycles. The highest BCUT2D eigenvalue weighted by molar-refractivity contribution is 7.13. The lowest BCUT2D eigenvalue weighted by Gasteiger charge is -2.38. The molecule has 0 spiro atoms. The summed E-state index contributed by atoms with van der Waals surface area (Å²) in [6.07, 6.45) is 6.88. The van der Waals surface area contributed by atoms with Crippen LogP contribution in [0.4, 0.5) is 11.5 Å². The summed E-state index contributed by atoms with van der Waals surface area (Å²) >= 11 is 1.52. The van der Waals surface area contributed by atoms with Crippen LogP contribution in [-0.2, 0) is 9.53 Å². The lowest BCUT2D eigenvalue weighted by molar-refractivity contribution is -0.115. The van der Waals surface area contributed by atoms with E-state index in [1.165, 1.54) is 11.3 Å². The predicted octanol–water partition coefficient (Wildman–Crippen LogP) is 1.93. The summed E-state index contributed by atoms with van der Waals surface area (Å²) in [5.74, 6) is 1.26. The number of aromatic amines is 1. The highest BCUT2D eigenvalue weighted by Crippen LogP contribution is 2.35. The van der Waals surface area contributed by atoms with E-state index >= 15 is 0 Å². The molecule has 5 rings (SSSR count). The number of thiazole rings is 1. The minimum absolute atomic E-state index is 0.0443. The van der Waals surface area contributed by atoms with E-state index in [9.17, 15) is 4.79 Å². The molecule has 0 aromatic carbocycles. The van der Waals surface area contributed by atoms with Gasteiger partial charge in [0, 0.05) is 30.8 Å². The van der Waals surface area contributed by atoms with Crippen LogP contribution in [0, 0.1) is 0 Å². The van der Waals surface area contributed by atoms with E-state index in [0.29, 0.717) is 31.3 Å². The van der Waals surface area contributed by atoms with Gasteiger partial charge in [0.25, 0.3) is 0 Å². The van der Waals surface area contributed by atoms with Crippen LogP contribution in [-0.4, -0.2) is 56.9 Å². The normalized spacial score (nSPS) is 17.6. The molecule has 2 N–H and O–H groups in total. The van der Waals surface area contributed by atoms with Crippen molar-refractivity contribution in [1.29, 1.82) is 0 Å². The van der Waals surface area contributed by atoms with E-state index < -0.39 is 0 Å². The molecule has 0 saturated carbocycles. The maximum absolute atomic E-state index is 12.1. The van der Waals surface area contributed by atoms with Crippen molar-refractivity contribution in [2.45, 2.75) is 18.9 Å². The van der Waals surface area contributed by atoms with Gasteiger partial charge in [-0.25, -0.2) is 15.0 Å². The van der Waals surface area contributed by atoms with Crippen LogP contribution >= 0.6 is 11.3 Å². The Bertz CT molecular complexity index is 966. The van der Waals surface area contributed by atoms with Crippen molar-refractivity contribution in [2.75, 3.05) is 30.0 Å². The number of carbonyl (C=O) groups excluding carboxylic acids is 1. The number of rotatable bonds is 3. The Kier molecular flexibility index (Phi) is 4.06. The number of nitrogens with zero attached hydrogens (tertiary/aromatic N) is 5. The number of ether oxygens (including phenoxy) is 1. The monoisotopic (exact) mass is 383 g/mol.